The lowest BCUT2D eigenvalue weighted by Gasteiger charge is -2.25. The van der Waals surface area contributed by atoms with Gasteiger partial charge in [-0.05, 0) is 32.3 Å². The Balaban J connectivity index is 2.25. The lowest BCUT2D eigenvalue weighted by Crippen LogP contribution is -2.21. The summed E-state index contributed by atoms with van der Waals surface area (Å²) in [7, 11) is 0. The van der Waals surface area contributed by atoms with Gasteiger partial charge in [-0.25, -0.2) is 0 Å². The first-order valence-electron chi connectivity index (χ1n) is 6.28. The predicted octanol–water partition coefficient (Wildman–Crippen LogP) is 2.47. The molecule has 0 radical (unpaired) electrons. The van der Waals surface area contributed by atoms with Crippen molar-refractivity contribution in [3.05, 3.63) is 29.3 Å². The van der Waals surface area contributed by atoms with Crippen molar-refractivity contribution in [2.45, 2.75) is 38.9 Å². The topological polar surface area (TPSA) is 38.7 Å². The Kier molecular flexibility index (Phi) is 4.02. The maximum absolute atomic E-state index is 10.3. The van der Waals surface area contributed by atoms with E-state index < -0.39 is 6.10 Å². The third-order valence-corrected chi connectivity index (χ3v) is 3.16. The molecular weight excluding hydrogens is 216 g/mol. The molecule has 1 aromatic carbocycles. The molecule has 1 N–H and O–H groups in total. The van der Waals surface area contributed by atoms with E-state index in [9.17, 15) is 5.11 Å². The highest BCUT2D eigenvalue weighted by Gasteiger charge is 2.23. The van der Waals surface area contributed by atoms with Gasteiger partial charge in [0, 0.05) is 12.2 Å². The van der Waals surface area contributed by atoms with E-state index in [1.165, 1.54) is 5.56 Å². The summed E-state index contributed by atoms with van der Waals surface area (Å²) in [5.41, 5.74) is 2.04. The van der Waals surface area contributed by atoms with Crippen LogP contribution in [0.2, 0.25) is 0 Å². The first kappa shape index (κ1) is 12.4. The number of ether oxygens (including phenoxy) is 2. The van der Waals surface area contributed by atoms with E-state index in [0.717, 1.165) is 30.8 Å². The molecule has 17 heavy (non-hydrogen) atoms. The summed E-state index contributed by atoms with van der Waals surface area (Å²) < 4.78 is 11.1. The highest BCUT2D eigenvalue weighted by molar-refractivity contribution is 5.44. The Hall–Kier alpha value is -1.06. The monoisotopic (exact) mass is 236 g/mol. The number of benzene rings is 1. The minimum Gasteiger partial charge on any atom is -0.493 e. The van der Waals surface area contributed by atoms with E-state index in [4.69, 9.17) is 9.47 Å². The summed E-state index contributed by atoms with van der Waals surface area (Å²) in [4.78, 5) is 0. The van der Waals surface area contributed by atoms with Crippen LogP contribution in [0.4, 0.5) is 0 Å². The molecule has 1 aliphatic rings. The summed E-state index contributed by atoms with van der Waals surface area (Å²) in [6.07, 6.45) is 1.24. The summed E-state index contributed by atoms with van der Waals surface area (Å²) in [6.45, 7) is 5.16. The molecule has 2 atom stereocenters. The zero-order chi connectivity index (χ0) is 12.3. The van der Waals surface area contributed by atoms with Gasteiger partial charge >= 0.3 is 0 Å². The molecule has 1 heterocycles. The van der Waals surface area contributed by atoms with Gasteiger partial charge in [-0.15, -0.1) is 0 Å². The van der Waals surface area contributed by atoms with Gasteiger partial charge in [0.15, 0.2) is 0 Å². The van der Waals surface area contributed by atoms with Crippen molar-refractivity contribution in [2.24, 2.45) is 0 Å². The average Bonchev–Trinajstić information content (AvgIpc) is 2.37. The molecule has 0 bridgehead atoms. The highest BCUT2D eigenvalue weighted by Crippen LogP contribution is 2.34. The Labute approximate surface area is 102 Å². The summed E-state index contributed by atoms with van der Waals surface area (Å²) >= 11 is 0. The first-order chi connectivity index (χ1) is 8.24. The number of hydrogen-bond donors (Lipinski definition) is 1. The minimum absolute atomic E-state index is 0.211. The van der Waals surface area contributed by atoms with Crippen molar-refractivity contribution >= 4 is 0 Å². The van der Waals surface area contributed by atoms with Gasteiger partial charge in [0.2, 0.25) is 0 Å². The van der Waals surface area contributed by atoms with E-state index in [1.807, 2.05) is 26.0 Å². The van der Waals surface area contributed by atoms with Gasteiger partial charge in [-0.2, -0.15) is 0 Å². The third kappa shape index (κ3) is 2.61. The van der Waals surface area contributed by atoms with Crippen LogP contribution in [0.3, 0.4) is 0 Å². The molecule has 3 nitrogen and oxygen atoms in total. The maximum atomic E-state index is 10.3. The van der Waals surface area contributed by atoms with Crippen LogP contribution in [-0.4, -0.2) is 24.4 Å². The van der Waals surface area contributed by atoms with Crippen LogP contribution < -0.4 is 4.74 Å². The molecular formula is C14H20O3. The quantitative estimate of drug-likeness (QED) is 0.872. The standard InChI is InChI=1S/C14H20O3/c1-3-16-10(2)13(15)12-8-4-6-11-7-5-9-17-14(11)12/h4,6,8,10,13,15H,3,5,7,9H2,1-2H3. The zero-order valence-corrected chi connectivity index (χ0v) is 10.5. The van der Waals surface area contributed by atoms with Crippen LogP contribution in [0.25, 0.3) is 0 Å². The molecule has 0 saturated heterocycles. The SMILES string of the molecule is CCOC(C)C(O)c1cccc2c1OCCC2. The molecule has 0 aliphatic carbocycles. The van der Waals surface area contributed by atoms with E-state index in [2.05, 4.69) is 6.07 Å². The number of rotatable bonds is 4. The van der Waals surface area contributed by atoms with Crippen LogP contribution in [0.1, 0.15) is 37.5 Å². The van der Waals surface area contributed by atoms with Crippen LogP contribution in [0.15, 0.2) is 18.2 Å². The van der Waals surface area contributed by atoms with Crippen molar-refractivity contribution in [1.29, 1.82) is 0 Å². The Bertz CT molecular complexity index is 376. The van der Waals surface area contributed by atoms with Gasteiger partial charge < -0.3 is 14.6 Å². The second kappa shape index (κ2) is 5.52. The molecule has 0 saturated carbocycles. The Morgan fingerprint density at radius 3 is 3.06 bits per heavy atom. The molecule has 0 spiro atoms. The van der Waals surface area contributed by atoms with Gasteiger partial charge in [0.25, 0.3) is 0 Å². The summed E-state index contributed by atoms with van der Waals surface area (Å²) in [5, 5.41) is 10.3. The van der Waals surface area contributed by atoms with Crippen LogP contribution >= 0.6 is 0 Å². The average molecular weight is 236 g/mol. The minimum atomic E-state index is -0.622. The smallest absolute Gasteiger partial charge is 0.128 e. The molecule has 3 heteroatoms. The van der Waals surface area contributed by atoms with E-state index in [1.54, 1.807) is 0 Å². The van der Waals surface area contributed by atoms with Crippen molar-refractivity contribution in [2.75, 3.05) is 13.2 Å². The van der Waals surface area contributed by atoms with E-state index in [0.29, 0.717) is 6.61 Å². The Morgan fingerprint density at radius 2 is 2.29 bits per heavy atom. The number of fused-ring (bicyclic) bond motifs is 1. The second-order valence-corrected chi connectivity index (χ2v) is 4.39. The molecule has 0 fully saturated rings. The fourth-order valence-electron chi connectivity index (χ4n) is 2.25. The van der Waals surface area contributed by atoms with Gasteiger partial charge in [-0.3, -0.25) is 0 Å². The van der Waals surface area contributed by atoms with E-state index in [-0.39, 0.29) is 6.10 Å². The zero-order valence-electron chi connectivity index (χ0n) is 10.5. The molecule has 1 aliphatic heterocycles. The van der Waals surface area contributed by atoms with Crippen LogP contribution in [0, 0.1) is 0 Å². The first-order valence-corrected chi connectivity index (χ1v) is 6.28. The third-order valence-electron chi connectivity index (χ3n) is 3.16. The number of aliphatic hydroxyl groups is 1. The van der Waals surface area contributed by atoms with Crippen molar-refractivity contribution in [1.82, 2.24) is 0 Å². The number of aliphatic hydroxyl groups excluding tert-OH is 1. The van der Waals surface area contributed by atoms with Gasteiger partial charge in [0.05, 0.1) is 12.7 Å². The fraction of sp³-hybridized carbons (Fsp3) is 0.571. The molecule has 0 aromatic heterocycles. The normalized spacial score (nSPS) is 18.1. The largest absolute Gasteiger partial charge is 0.493 e. The molecule has 2 rings (SSSR count). The molecule has 94 valence electrons. The van der Waals surface area contributed by atoms with Gasteiger partial charge in [0.1, 0.15) is 11.9 Å². The number of hydrogen-bond acceptors (Lipinski definition) is 3. The Morgan fingerprint density at radius 1 is 1.47 bits per heavy atom. The van der Waals surface area contributed by atoms with Crippen molar-refractivity contribution < 1.29 is 14.6 Å². The van der Waals surface area contributed by atoms with Gasteiger partial charge in [-0.1, -0.05) is 18.2 Å². The predicted molar refractivity (Wildman–Crippen MR) is 66.3 cm³/mol. The van der Waals surface area contributed by atoms with Crippen LogP contribution in [-0.2, 0) is 11.2 Å². The fourth-order valence-corrected chi connectivity index (χ4v) is 2.25. The highest BCUT2D eigenvalue weighted by atomic mass is 16.5. The summed E-state index contributed by atoms with van der Waals surface area (Å²) in [5.74, 6) is 0.859. The molecule has 1 aromatic rings. The summed E-state index contributed by atoms with van der Waals surface area (Å²) in [6, 6.07) is 5.96. The molecule has 0 amide bonds. The lowest BCUT2D eigenvalue weighted by atomic mass is 9.97. The number of aryl methyl sites for hydroxylation is 1. The van der Waals surface area contributed by atoms with Crippen LogP contribution in [0.5, 0.6) is 5.75 Å². The van der Waals surface area contributed by atoms with E-state index >= 15 is 0 Å². The molecule has 2 unspecified atom stereocenters. The maximum Gasteiger partial charge on any atom is 0.128 e. The second-order valence-electron chi connectivity index (χ2n) is 4.39. The lowest BCUT2D eigenvalue weighted by molar-refractivity contribution is -0.0240. The van der Waals surface area contributed by atoms with Crippen molar-refractivity contribution in [3.8, 4) is 5.75 Å². The number of para-hydroxylation sites is 1. The van der Waals surface area contributed by atoms with Crippen molar-refractivity contribution in [3.63, 3.8) is 0 Å².